The van der Waals surface area contributed by atoms with Crippen LogP contribution in [-0.2, 0) is 11.3 Å². The summed E-state index contributed by atoms with van der Waals surface area (Å²) in [6.07, 6.45) is 3.03. The van der Waals surface area contributed by atoms with Gasteiger partial charge in [-0.3, -0.25) is 9.78 Å². The third-order valence-electron chi connectivity index (χ3n) is 2.73. The Hall–Kier alpha value is -2.96. The van der Waals surface area contributed by atoms with E-state index in [0.29, 0.717) is 5.69 Å². The normalized spacial score (nSPS) is 10.6. The number of pyridine rings is 1. The number of para-hydroxylation sites is 1. The maximum Gasteiger partial charge on any atom is 0.246 e. The summed E-state index contributed by atoms with van der Waals surface area (Å²) in [5, 5.41) is 7.58. The van der Waals surface area contributed by atoms with Crippen molar-refractivity contribution in [1.29, 1.82) is 0 Å². The number of carbonyl (C=O) groups is 1. The van der Waals surface area contributed by atoms with Crippen molar-refractivity contribution in [2.75, 3.05) is 11.1 Å². The van der Waals surface area contributed by atoms with Gasteiger partial charge < -0.3 is 11.1 Å². The Labute approximate surface area is 114 Å². The summed E-state index contributed by atoms with van der Waals surface area (Å²) in [6, 6.07) is 9.57. The fourth-order valence-corrected chi connectivity index (χ4v) is 1.87. The molecule has 3 rings (SSSR count). The van der Waals surface area contributed by atoms with Crippen molar-refractivity contribution < 1.29 is 4.79 Å². The topological polar surface area (TPSA) is 98.7 Å². The maximum atomic E-state index is 11.9. The second-order valence-corrected chi connectivity index (χ2v) is 4.27. The zero-order valence-corrected chi connectivity index (χ0v) is 10.5. The second-order valence-electron chi connectivity index (χ2n) is 4.27. The van der Waals surface area contributed by atoms with Crippen molar-refractivity contribution in [1.82, 2.24) is 19.7 Å². The minimum atomic E-state index is -0.216. The number of amides is 1. The highest BCUT2D eigenvalue weighted by molar-refractivity contribution is 5.92. The summed E-state index contributed by atoms with van der Waals surface area (Å²) in [6.45, 7) is 0.0526. The van der Waals surface area contributed by atoms with E-state index in [4.69, 9.17) is 5.73 Å². The van der Waals surface area contributed by atoms with E-state index in [1.807, 2.05) is 30.3 Å². The van der Waals surface area contributed by atoms with Crippen molar-refractivity contribution in [3.8, 4) is 0 Å². The van der Waals surface area contributed by atoms with Gasteiger partial charge in [-0.25, -0.2) is 9.67 Å². The van der Waals surface area contributed by atoms with Crippen LogP contribution >= 0.6 is 0 Å². The quantitative estimate of drug-likeness (QED) is 0.739. The van der Waals surface area contributed by atoms with Crippen LogP contribution in [-0.4, -0.2) is 25.7 Å². The monoisotopic (exact) mass is 268 g/mol. The Kier molecular flexibility index (Phi) is 3.00. The molecule has 2 aromatic heterocycles. The first kappa shape index (κ1) is 12.1. The molecule has 2 heterocycles. The number of hydrogen-bond donors (Lipinski definition) is 2. The number of nitrogens with zero attached hydrogens (tertiary/aromatic N) is 4. The summed E-state index contributed by atoms with van der Waals surface area (Å²) in [5.41, 5.74) is 6.91. The molecule has 0 unspecified atom stereocenters. The number of fused-ring (bicyclic) bond motifs is 1. The number of nitrogen functional groups attached to an aromatic ring is 1. The van der Waals surface area contributed by atoms with E-state index in [1.165, 1.54) is 11.0 Å². The van der Waals surface area contributed by atoms with Gasteiger partial charge in [0.25, 0.3) is 0 Å². The minimum Gasteiger partial charge on any atom is -0.367 e. The third-order valence-corrected chi connectivity index (χ3v) is 2.73. The van der Waals surface area contributed by atoms with Crippen LogP contribution in [0.2, 0.25) is 0 Å². The van der Waals surface area contributed by atoms with Crippen molar-refractivity contribution in [3.05, 3.63) is 42.9 Å². The zero-order valence-electron chi connectivity index (χ0n) is 10.5. The van der Waals surface area contributed by atoms with Gasteiger partial charge in [-0.05, 0) is 12.1 Å². The molecule has 3 N–H and O–H groups in total. The van der Waals surface area contributed by atoms with Crippen LogP contribution in [0.25, 0.3) is 10.9 Å². The lowest BCUT2D eigenvalue weighted by atomic mass is 10.2. The van der Waals surface area contributed by atoms with E-state index < -0.39 is 0 Å². The number of hydrogen-bond acceptors (Lipinski definition) is 5. The summed E-state index contributed by atoms with van der Waals surface area (Å²) in [5.74, 6) is -0.0721. The molecule has 1 amide bonds. The van der Waals surface area contributed by atoms with Crippen molar-refractivity contribution >= 4 is 28.4 Å². The van der Waals surface area contributed by atoms with Gasteiger partial charge in [-0.2, -0.15) is 0 Å². The maximum absolute atomic E-state index is 11.9. The minimum absolute atomic E-state index is 0.0526. The predicted molar refractivity (Wildman–Crippen MR) is 74.8 cm³/mol. The summed E-state index contributed by atoms with van der Waals surface area (Å²) in [4.78, 5) is 19.9. The first-order valence-electron chi connectivity index (χ1n) is 6.00. The molecule has 20 heavy (non-hydrogen) atoms. The van der Waals surface area contributed by atoms with Gasteiger partial charge in [0.05, 0.1) is 17.4 Å². The fraction of sp³-hybridized carbons (Fsp3) is 0.0769. The first-order valence-corrected chi connectivity index (χ1v) is 6.00. The van der Waals surface area contributed by atoms with Gasteiger partial charge in [0.15, 0.2) is 0 Å². The lowest BCUT2D eigenvalue weighted by molar-refractivity contribution is -0.116. The standard InChI is InChI=1S/C13H12N6O/c14-13-16-8-19(18-13)7-12(20)17-10-5-9-3-1-2-4-11(9)15-6-10/h1-6,8H,7H2,(H2,14,18)(H,17,20). The SMILES string of the molecule is Nc1ncn(CC(=O)Nc2cnc3ccccc3c2)n1. The largest absolute Gasteiger partial charge is 0.367 e. The molecule has 0 aliphatic carbocycles. The average Bonchev–Trinajstić information content (AvgIpc) is 2.83. The third kappa shape index (κ3) is 2.56. The van der Waals surface area contributed by atoms with E-state index in [1.54, 1.807) is 6.20 Å². The molecule has 100 valence electrons. The van der Waals surface area contributed by atoms with Gasteiger partial charge in [0.2, 0.25) is 11.9 Å². The Bertz CT molecular complexity index is 766. The van der Waals surface area contributed by atoms with Crippen LogP contribution in [0.1, 0.15) is 0 Å². The molecule has 1 aromatic carbocycles. The van der Waals surface area contributed by atoms with Crippen LogP contribution in [0.4, 0.5) is 11.6 Å². The highest BCUT2D eigenvalue weighted by atomic mass is 16.2. The van der Waals surface area contributed by atoms with E-state index in [0.717, 1.165) is 10.9 Å². The molecule has 0 saturated carbocycles. The fourth-order valence-electron chi connectivity index (χ4n) is 1.87. The van der Waals surface area contributed by atoms with Gasteiger partial charge >= 0.3 is 0 Å². The lowest BCUT2D eigenvalue weighted by Gasteiger charge is -2.05. The van der Waals surface area contributed by atoms with E-state index in [9.17, 15) is 4.79 Å². The Morgan fingerprint density at radius 1 is 1.30 bits per heavy atom. The molecule has 0 bridgehead atoms. The molecule has 0 aliphatic heterocycles. The molecule has 0 aliphatic rings. The number of anilines is 2. The van der Waals surface area contributed by atoms with E-state index >= 15 is 0 Å². The molecular formula is C13H12N6O. The van der Waals surface area contributed by atoms with Gasteiger partial charge in [-0.1, -0.05) is 18.2 Å². The Morgan fingerprint density at radius 2 is 2.15 bits per heavy atom. The molecule has 0 fully saturated rings. The Morgan fingerprint density at radius 3 is 2.95 bits per heavy atom. The summed E-state index contributed by atoms with van der Waals surface area (Å²) >= 11 is 0. The number of aromatic nitrogens is 4. The molecule has 0 spiro atoms. The van der Waals surface area contributed by atoms with Gasteiger partial charge in [0.1, 0.15) is 12.9 Å². The van der Waals surface area contributed by atoms with E-state index in [-0.39, 0.29) is 18.4 Å². The van der Waals surface area contributed by atoms with Crippen molar-refractivity contribution in [3.63, 3.8) is 0 Å². The number of rotatable bonds is 3. The molecule has 0 atom stereocenters. The number of benzene rings is 1. The molecule has 7 nitrogen and oxygen atoms in total. The van der Waals surface area contributed by atoms with Crippen LogP contribution in [0.15, 0.2) is 42.9 Å². The summed E-state index contributed by atoms with van der Waals surface area (Å²) < 4.78 is 1.37. The van der Waals surface area contributed by atoms with Crippen molar-refractivity contribution in [2.24, 2.45) is 0 Å². The smallest absolute Gasteiger partial charge is 0.246 e. The highest BCUT2D eigenvalue weighted by Gasteiger charge is 2.06. The van der Waals surface area contributed by atoms with Gasteiger partial charge in [-0.15, -0.1) is 5.10 Å². The number of nitrogens with one attached hydrogen (secondary N) is 1. The molecule has 0 radical (unpaired) electrons. The van der Waals surface area contributed by atoms with Crippen LogP contribution in [0.3, 0.4) is 0 Å². The molecular weight excluding hydrogens is 256 g/mol. The summed E-state index contributed by atoms with van der Waals surface area (Å²) in [7, 11) is 0. The zero-order chi connectivity index (χ0) is 13.9. The Balaban J connectivity index is 1.73. The molecule has 0 saturated heterocycles. The van der Waals surface area contributed by atoms with Crippen LogP contribution < -0.4 is 11.1 Å². The predicted octanol–water partition coefficient (Wildman–Crippen LogP) is 1.05. The second kappa shape index (κ2) is 4.96. The molecule has 7 heteroatoms. The van der Waals surface area contributed by atoms with Gasteiger partial charge in [0, 0.05) is 5.39 Å². The van der Waals surface area contributed by atoms with Crippen LogP contribution in [0, 0.1) is 0 Å². The highest BCUT2D eigenvalue weighted by Crippen LogP contribution is 2.15. The lowest BCUT2D eigenvalue weighted by Crippen LogP contribution is -2.19. The van der Waals surface area contributed by atoms with E-state index in [2.05, 4.69) is 20.4 Å². The number of nitrogens with two attached hydrogens (primary N) is 1. The number of carbonyl (C=O) groups excluding carboxylic acids is 1. The van der Waals surface area contributed by atoms with Crippen LogP contribution in [0.5, 0.6) is 0 Å². The molecule has 3 aromatic rings. The first-order chi connectivity index (χ1) is 9.70. The average molecular weight is 268 g/mol. The van der Waals surface area contributed by atoms with Crippen molar-refractivity contribution in [2.45, 2.75) is 6.54 Å².